The van der Waals surface area contributed by atoms with Crippen molar-refractivity contribution in [1.29, 1.82) is 0 Å². The van der Waals surface area contributed by atoms with Crippen LogP contribution in [0.25, 0.3) is 0 Å². The van der Waals surface area contributed by atoms with Crippen molar-refractivity contribution in [3.8, 4) is 0 Å². The number of urea groups is 1. The molecular weight excluding hydrogens is 302 g/mol. The summed E-state index contributed by atoms with van der Waals surface area (Å²) < 4.78 is 0. The van der Waals surface area contributed by atoms with Crippen LogP contribution in [-0.4, -0.2) is 42.0 Å². The monoisotopic (exact) mass is 337 g/mol. The number of nitrogens with one attached hydrogen (secondary N) is 2. The van der Waals surface area contributed by atoms with Crippen LogP contribution in [0.15, 0.2) is 0 Å². The summed E-state index contributed by atoms with van der Waals surface area (Å²) in [7, 11) is 0. The molecule has 0 aromatic rings. The van der Waals surface area contributed by atoms with E-state index in [9.17, 15) is 9.59 Å². The van der Waals surface area contributed by atoms with E-state index in [0.717, 1.165) is 38.8 Å². The predicted molar refractivity (Wildman–Crippen MR) is 96.8 cm³/mol. The molecule has 24 heavy (non-hydrogen) atoms. The van der Waals surface area contributed by atoms with Crippen LogP contribution in [0.2, 0.25) is 0 Å². The molecule has 2 N–H and O–H groups in total. The molecule has 2 aliphatic rings. The van der Waals surface area contributed by atoms with E-state index >= 15 is 0 Å². The van der Waals surface area contributed by atoms with Crippen molar-refractivity contribution in [2.45, 2.75) is 84.2 Å². The summed E-state index contributed by atoms with van der Waals surface area (Å²) in [6.45, 7) is 7.67. The maximum absolute atomic E-state index is 12.4. The van der Waals surface area contributed by atoms with E-state index in [1.165, 1.54) is 19.3 Å². The molecule has 1 aliphatic carbocycles. The highest BCUT2D eigenvalue weighted by Crippen LogP contribution is 2.29. The zero-order valence-corrected chi connectivity index (χ0v) is 15.6. The quantitative estimate of drug-likeness (QED) is 0.808. The topological polar surface area (TPSA) is 61.4 Å². The molecule has 0 spiro atoms. The van der Waals surface area contributed by atoms with Gasteiger partial charge in [0.15, 0.2) is 0 Å². The number of hydrogen-bond donors (Lipinski definition) is 2. The van der Waals surface area contributed by atoms with Crippen molar-refractivity contribution in [2.75, 3.05) is 13.1 Å². The molecule has 0 radical (unpaired) electrons. The van der Waals surface area contributed by atoms with E-state index in [0.29, 0.717) is 24.3 Å². The fourth-order valence-corrected chi connectivity index (χ4v) is 4.11. The molecule has 5 nitrogen and oxygen atoms in total. The van der Waals surface area contributed by atoms with Gasteiger partial charge in [0.25, 0.3) is 0 Å². The van der Waals surface area contributed by atoms with Gasteiger partial charge in [0.05, 0.1) is 0 Å². The third kappa shape index (κ3) is 5.67. The highest BCUT2D eigenvalue weighted by Gasteiger charge is 2.32. The van der Waals surface area contributed by atoms with Gasteiger partial charge in [0.2, 0.25) is 5.91 Å². The Morgan fingerprint density at radius 2 is 1.79 bits per heavy atom. The Morgan fingerprint density at radius 3 is 2.42 bits per heavy atom. The van der Waals surface area contributed by atoms with Gasteiger partial charge in [0, 0.05) is 31.6 Å². The number of likely N-dealkylation sites (tertiary alicyclic amines) is 1. The molecule has 5 heteroatoms. The van der Waals surface area contributed by atoms with Gasteiger partial charge in [-0.3, -0.25) is 4.79 Å². The van der Waals surface area contributed by atoms with Crippen molar-refractivity contribution < 1.29 is 9.59 Å². The van der Waals surface area contributed by atoms with Crippen LogP contribution in [-0.2, 0) is 4.79 Å². The smallest absolute Gasteiger partial charge is 0.317 e. The Bertz CT molecular complexity index is 419. The lowest BCUT2D eigenvalue weighted by Gasteiger charge is -2.38. The lowest BCUT2D eigenvalue weighted by molar-refractivity contribution is -0.123. The highest BCUT2D eigenvalue weighted by molar-refractivity contribution is 5.77. The molecule has 2 fully saturated rings. The van der Waals surface area contributed by atoms with Gasteiger partial charge in [-0.1, -0.05) is 32.6 Å². The first kappa shape index (κ1) is 19.1. The Hall–Kier alpha value is -1.26. The molecule has 0 bridgehead atoms. The first-order chi connectivity index (χ1) is 11.5. The second-order valence-electron chi connectivity index (χ2n) is 7.87. The number of amides is 3. The SMILES string of the molecule is CCC1CN(C(=O)NC(C)C)CCC1CC(=O)NC1CCCCC1. The van der Waals surface area contributed by atoms with E-state index in [-0.39, 0.29) is 18.0 Å². The summed E-state index contributed by atoms with van der Waals surface area (Å²) in [6.07, 6.45) is 8.63. The number of carbonyl (C=O) groups excluding carboxylic acids is 2. The van der Waals surface area contributed by atoms with E-state index in [4.69, 9.17) is 0 Å². The molecule has 0 aromatic heterocycles. The first-order valence-electron chi connectivity index (χ1n) is 9.84. The van der Waals surface area contributed by atoms with Gasteiger partial charge >= 0.3 is 6.03 Å². The van der Waals surface area contributed by atoms with E-state index in [1.54, 1.807) is 0 Å². The summed E-state index contributed by atoms with van der Waals surface area (Å²) >= 11 is 0. The molecule has 138 valence electrons. The second kappa shape index (κ2) is 9.28. The number of carbonyl (C=O) groups is 2. The molecule has 3 amide bonds. The van der Waals surface area contributed by atoms with Gasteiger partial charge < -0.3 is 15.5 Å². The Balaban J connectivity index is 1.80. The zero-order valence-electron chi connectivity index (χ0n) is 15.6. The van der Waals surface area contributed by atoms with Crippen molar-refractivity contribution in [3.05, 3.63) is 0 Å². The van der Waals surface area contributed by atoms with Crippen LogP contribution in [0, 0.1) is 11.8 Å². The summed E-state index contributed by atoms with van der Waals surface area (Å²) in [5.41, 5.74) is 0. The molecule has 1 saturated heterocycles. The maximum Gasteiger partial charge on any atom is 0.317 e. The van der Waals surface area contributed by atoms with Crippen molar-refractivity contribution in [2.24, 2.45) is 11.8 Å². The molecule has 2 unspecified atom stereocenters. The van der Waals surface area contributed by atoms with Crippen LogP contribution in [0.5, 0.6) is 0 Å². The van der Waals surface area contributed by atoms with Crippen LogP contribution >= 0.6 is 0 Å². The van der Waals surface area contributed by atoms with E-state index in [2.05, 4.69) is 17.6 Å². The Kier molecular flexibility index (Phi) is 7.38. The van der Waals surface area contributed by atoms with Crippen LogP contribution in [0.1, 0.15) is 72.1 Å². The highest BCUT2D eigenvalue weighted by atomic mass is 16.2. The fourth-order valence-electron chi connectivity index (χ4n) is 4.11. The third-order valence-corrected chi connectivity index (χ3v) is 5.53. The number of nitrogens with zero attached hydrogens (tertiary/aromatic N) is 1. The molecule has 1 aliphatic heterocycles. The number of hydrogen-bond acceptors (Lipinski definition) is 2. The first-order valence-corrected chi connectivity index (χ1v) is 9.84. The van der Waals surface area contributed by atoms with Crippen LogP contribution < -0.4 is 10.6 Å². The summed E-state index contributed by atoms with van der Waals surface area (Å²) in [5.74, 6) is 1.04. The number of piperidine rings is 1. The van der Waals surface area contributed by atoms with Crippen molar-refractivity contribution in [3.63, 3.8) is 0 Å². The lowest BCUT2D eigenvalue weighted by Crippen LogP contribution is -2.50. The molecular formula is C19H35N3O2. The van der Waals surface area contributed by atoms with Crippen molar-refractivity contribution in [1.82, 2.24) is 15.5 Å². The zero-order chi connectivity index (χ0) is 17.5. The van der Waals surface area contributed by atoms with E-state index in [1.807, 2.05) is 18.7 Å². The van der Waals surface area contributed by atoms with Crippen LogP contribution in [0.3, 0.4) is 0 Å². The summed E-state index contributed by atoms with van der Waals surface area (Å²) in [5, 5.41) is 6.21. The van der Waals surface area contributed by atoms with Crippen LogP contribution in [0.4, 0.5) is 4.79 Å². The average Bonchev–Trinajstić information content (AvgIpc) is 2.55. The summed E-state index contributed by atoms with van der Waals surface area (Å²) in [6, 6.07) is 0.591. The molecule has 2 atom stereocenters. The van der Waals surface area contributed by atoms with Gasteiger partial charge in [-0.25, -0.2) is 4.79 Å². The third-order valence-electron chi connectivity index (χ3n) is 5.53. The van der Waals surface area contributed by atoms with Gasteiger partial charge in [0.1, 0.15) is 0 Å². The summed E-state index contributed by atoms with van der Waals surface area (Å²) in [4.78, 5) is 26.5. The predicted octanol–water partition coefficient (Wildman–Crippen LogP) is 3.29. The van der Waals surface area contributed by atoms with Gasteiger partial charge in [-0.05, 0) is 44.9 Å². The molecule has 0 aromatic carbocycles. The molecule has 1 heterocycles. The largest absolute Gasteiger partial charge is 0.353 e. The minimum atomic E-state index is 0.0357. The van der Waals surface area contributed by atoms with Gasteiger partial charge in [-0.15, -0.1) is 0 Å². The van der Waals surface area contributed by atoms with Crippen molar-refractivity contribution >= 4 is 11.9 Å². The van der Waals surface area contributed by atoms with Gasteiger partial charge in [-0.2, -0.15) is 0 Å². The number of rotatable bonds is 5. The van der Waals surface area contributed by atoms with E-state index < -0.39 is 0 Å². The lowest BCUT2D eigenvalue weighted by atomic mass is 9.81. The Labute approximate surface area is 146 Å². The standard InChI is InChI=1S/C19H35N3O2/c1-4-15-13-22(19(24)20-14(2)3)11-10-16(15)12-18(23)21-17-8-6-5-7-9-17/h14-17H,4-13H2,1-3H3,(H,20,24)(H,21,23). The fraction of sp³-hybridized carbons (Fsp3) is 0.895. The average molecular weight is 338 g/mol. The normalized spacial score (nSPS) is 25.6. The maximum atomic E-state index is 12.4. The molecule has 2 rings (SSSR count). The Morgan fingerprint density at radius 1 is 1.08 bits per heavy atom. The molecule has 1 saturated carbocycles. The second-order valence-corrected chi connectivity index (χ2v) is 7.87. The minimum Gasteiger partial charge on any atom is -0.353 e. The minimum absolute atomic E-state index is 0.0357.